The maximum atomic E-state index is 13.7. The molecule has 1 aromatic carbocycles. The number of aliphatic carboxylic acids is 1. The summed E-state index contributed by atoms with van der Waals surface area (Å²) in [6, 6.07) is 9.85. The van der Waals surface area contributed by atoms with E-state index in [-0.39, 0.29) is 50.8 Å². The van der Waals surface area contributed by atoms with E-state index < -0.39 is 29.9 Å². The molecule has 0 bridgehead atoms. The van der Waals surface area contributed by atoms with Gasteiger partial charge in [0.2, 0.25) is 5.91 Å². The van der Waals surface area contributed by atoms with E-state index in [0.717, 1.165) is 37.7 Å². The van der Waals surface area contributed by atoms with Gasteiger partial charge in [-0.1, -0.05) is 50.1 Å². The third-order valence-electron chi connectivity index (χ3n) is 8.15. The van der Waals surface area contributed by atoms with Crippen molar-refractivity contribution < 1.29 is 33.8 Å². The summed E-state index contributed by atoms with van der Waals surface area (Å²) in [6.45, 7) is 4.89. The third-order valence-corrected chi connectivity index (χ3v) is 8.15. The Kier molecular flexibility index (Phi) is 12.5. The first-order valence-electron chi connectivity index (χ1n) is 15.7. The van der Waals surface area contributed by atoms with Crippen molar-refractivity contribution in [1.82, 2.24) is 25.1 Å². The lowest BCUT2D eigenvalue weighted by Crippen LogP contribution is -2.56. The average molecular weight is 625 g/mol. The summed E-state index contributed by atoms with van der Waals surface area (Å²) in [5.41, 5.74) is 0.817. The SMILES string of the molecule is CCCCCOC(=O)N1CCN(C(=O)[C@H](CCC(=O)O)NC(=O)c2cc(N3CCC(OC)CC3)nc(-c3ccccc3)n2)CC1. The quantitative estimate of drug-likeness (QED) is 0.318. The molecule has 2 N–H and O–H groups in total. The van der Waals surface area contributed by atoms with Crippen molar-refractivity contribution in [2.75, 3.05) is 57.9 Å². The number of piperidine rings is 1. The Morgan fingerprint density at radius 1 is 0.978 bits per heavy atom. The fourth-order valence-electron chi connectivity index (χ4n) is 5.44. The molecule has 3 heterocycles. The number of anilines is 1. The van der Waals surface area contributed by atoms with Crippen LogP contribution in [0, 0.1) is 0 Å². The molecule has 0 unspecified atom stereocenters. The summed E-state index contributed by atoms with van der Waals surface area (Å²) >= 11 is 0. The van der Waals surface area contributed by atoms with Crippen LogP contribution in [-0.2, 0) is 19.1 Å². The molecule has 1 atom stereocenters. The number of piperazine rings is 1. The monoisotopic (exact) mass is 624 g/mol. The first-order valence-corrected chi connectivity index (χ1v) is 15.7. The molecular formula is C32H44N6O7. The number of carboxylic acid groups (broad SMARTS) is 1. The van der Waals surface area contributed by atoms with Crippen molar-refractivity contribution in [3.05, 3.63) is 42.1 Å². The zero-order valence-electron chi connectivity index (χ0n) is 26.2. The number of ether oxygens (including phenoxy) is 2. The number of carbonyl (C=O) groups excluding carboxylic acids is 3. The summed E-state index contributed by atoms with van der Waals surface area (Å²) in [5, 5.41) is 12.1. The lowest BCUT2D eigenvalue weighted by Gasteiger charge is -2.36. The number of carbonyl (C=O) groups is 4. The van der Waals surface area contributed by atoms with Gasteiger partial charge in [0.05, 0.1) is 12.7 Å². The maximum absolute atomic E-state index is 13.7. The number of unbranched alkanes of at least 4 members (excludes halogenated alkanes) is 2. The molecule has 0 aliphatic carbocycles. The van der Waals surface area contributed by atoms with Gasteiger partial charge in [-0.2, -0.15) is 0 Å². The van der Waals surface area contributed by atoms with Gasteiger partial charge in [-0.3, -0.25) is 14.4 Å². The van der Waals surface area contributed by atoms with Crippen LogP contribution in [0.5, 0.6) is 0 Å². The third kappa shape index (κ3) is 9.61. The van der Waals surface area contributed by atoms with Crippen LogP contribution >= 0.6 is 0 Å². The van der Waals surface area contributed by atoms with Crippen molar-refractivity contribution >= 4 is 29.7 Å². The standard InChI is InChI=1S/C32H44N6O7/c1-3-4-8-21-45-32(43)38-19-17-37(18-20-38)31(42)25(11-12-28(39)40)34-30(41)26-22-27(36-15-13-24(44-2)14-16-36)35-29(33-26)23-9-6-5-7-10-23/h5-7,9-10,22,24-25H,3-4,8,11-21H2,1-2H3,(H,34,41)(H,39,40)/t25-/m0/s1. The highest BCUT2D eigenvalue weighted by Crippen LogP contribution is 2.24. The summed E-state index contributed by atoms with van der Waals surface area (Å²) in [5.74, 6) is -1.11. The van der Waals surface area contributed by atoms with Crippen LogP contribution in [0.4, 0.5) is 10.6 Å². The van der Waals surface area contributed by atoms with Crippen LogP contribution < -0.4 is 10.2 Å². The molecule has 13 nitrogen and oxygen atoms in total. The second kappa shape index (κ2) is 16.7. The number of carboxylic acids is 1. The predicted molar refractivity (Wildman–Crippen MR) is 167 cm³/mol. The predicted octanol–water partition coefficient (Wildman–Crippen LogP) is 3.19. The normalized spacial score (nSPS) is 16.3. The Morgan fingerprint density at radius 3 is 2.31 bits per heavy atom. The maximum Gasteiger partial charge on any atom is 0.409 e. The van der Waals surface area contributed by atoms with E-state index in [1.807, 2.05) is 30.3 Å². The number of rotatable bonds is 13. The Balaban J connectivity index is 1.48. The highest BCUT2D eigenvalue weighted by atomic mass is 16.6. The molecule has 2 aromatic rings. The molecule has 4 rings (SSSR count). The molecule has 3 amide bonds. The smallest absolute Gasteiger partial charge is 0.409 e. The number of nitrogens with one attached hydrogen (secondary N) is 1. The zero-order chi connectivity index (χ0) is 32.2. The second-order valence-corrected chi connectivity index (χ2v) is 11.3. The van der Waals surface area contributed by atoms with E-state index in [9.17, 15) is 24.3 Å². The molecule has 1 aromatic heterocycles. The molecule has 2 aliphatic heterocycles. The highest BCUT2D eigenvalue weighted by molar-refractivity contribution is 5.97. The second-order valence-electron chi connectivity index (χ2n) is 11.3. The fraction of sp³-hybridized carbons (Fsp3) is 0.562. The minimum Gasteiger partial charge on any atom is -0.481 e. The number of methoxy groups -OCH3 is 1. The first-order chi connectivity index (χ1) is 21.8. The van der Waals surface area contributed by atoms with E-state index in [4.69, 9.17) is 14.5 Å². The van der Waals surface area contributed by atoms with E-state index in [2.05, 4.69) is 22.1 Å². The molecule has 45 heavy (non-hydrogen) atoms. The number of hydrogen-bond acceptors (Lipinski definition) is 9. The van der Waals surface area contributed by atoms with Crippen LogP contribution in [-0.4, -0.2) is 114 Å². The molecule has 13 heteroatoms. The number of amides is 3. The van der Waals surface area contributed by atoms with E-state index in [1.165, 1.54) is 0 Å². The summed E-state index contributed by atoms with van der Waals surface area (Å²) in [4.78, 5) is 65.6. The van der Waals surface area contributed by atoms with Crippen LogP contribution in [0.3, 0.4) is 0 Å². The Labute approximate surface area is 263 Å². The number of aromatic nitrogens is 2. The summed E-state index contributed by atoms with van der Waals surface area (Å²) in [6.07, 6.45) is 3.81. The van der Waals surface area contributed by atoms with Gasteiger partial charge in [-0.15, -0.1) is 0 Å². The molecule has 0 saturated carbocycles. The van der Waals surface area contributed by atoms with Gasteiger partial charge in [0.15, 0.2) is 5.82 Å². The average Bonchev–Trinajstić information content (AvgIpc) is 3.08. The Morgan fingerprint density at radius 2 is 1.67 bits per heavy atom. The number of nitrogens with zero attached hydrogens (tertiary/aromatic N) is 5. The summed E-state index contributed by atoms with van der Waals surface area (Å²) in [7, 11) is 1.70. The lowest BCUT2D eigenvalue weighted by atomic mass is 10.1. The van der Waals surface area contributed by atoms with Crippen molar-refractivity contribution in [1.29, 1.82) is 0 Å². The van der Waals surface area contributed by atoms with Gasteiger partial charge in [-0.25, -0.2) is 14.8 Å². The van der Waals surface area contributed by atoms with Crippen LogP contribution in [0.1, 0.15) is 62.4 Å². The van der Waals surface area contributed by atoms with Crippen LogP contribution in [0.2, 0.25) is 0 Å². The van der Waals surface area contributed by atoms with E-state index in [0.29, 0.717) is 31.3 Å². The Hall–Kier alpha value is -4.26. The Bertz CT molecular complexity index is 1290. The van der Waals surface area contributed by atoms with E-state index in [1.54, 1.807) is 23.0 Å². The molecule has 0 spiro atoms. The topological polar surface area (TPSA) is 154 Å². The fourth-order valence-corrected chi connectivity index (χ4v) is 5.44. The van der Waals surface area contributed by atoms with E-state index >= 15 is 0 Å². The minimum atomic E-state index is -1.09. The molecular weight excluding hydrogens is 580 g/mol. The van der Waals surface area contributed by atoms with Crippen molar-refractivity contribution in [3.63, 3.8) is 0 Å². The lowest BCUT2D eigenvalue weighted by molar-refractivity contribution is -0.138. The minimum absolute atomic E-state index is 0.0801. The van der Waals surface area contributed by atoms with Crippen LogP contribution in [0.25, 0.3) is 11.4 Å². The first kappa shape index (κ1) is 33.6. The molecule has 2 fully saturated rings. The van der Waals surface area contributed by atoms with Crippen LogP contribution in [0.15, 0.2) is 36.4 Å². The van der Waals surface area contributed by atoms with Gasteiger partial charge in [0, 0.05) is 64.4 Å². The molecule has 2 aliphatic rings. The van der Waals surface area contributed by atoms with Gasteiger partial charge in [-0.05, 0) is 25.7 Å². The largest absolute Gasteiger partial charge is 0.481 e. The van der Waals surface area contributed by atoms with Crippen molar-refractivity contribution in [3.8, 4) is 11.4 Å². The number of benzene rings is 1. The zero-order valence-corrected chi connectivity index (χ0v) is 26.2. The van der Waals surface area contributed by atoms with Gasteiger partial charge in [0.1, 0.15) is 17.6 Å². The molecule has 244 valence electrons. The van der Waals surface area contributed by atoms with Gasteiger partial charge < -0.3 is 34.6 Å². The van der Waals surface area contributed by atoms with Crippen molar-refractivity contribution in [2.24, 2.45) is 0 Å². The van der Waals surface area contributed by atoms with Gasteiger partial charge in [0.25, 0.3) is 5.91 Å². The molecule has 2 saturated heterocycles. The van der Waals surface area contributed by atoms with Crippen molar-refractivity contribution in [2.45, 2.75) is 64.0 Å². The highest BCUT2D eigenvalue weighted by Gasteiger charge is 2.32. The summed E-state index contributed by atoms with van der Waals surface area (Å²) < 4.78 is 10.8. The van der Waals surface area contributed by atoms with Gasteiger partial charge >= 0.3 is 12.1 Å². The number of hydrogen-bond donors (Lipinski definition) is 2. The molecule has 0 radical (unpaired) electrons.